The van der Waals surface area contributed by atoms with Crippen molar-refractivity contribution >= 4 is 36.3 Å². The highest BCUT2D eigenvalue weighted by Crippen LogP contribution is 2.06. The van der Waals surface area contributed by atoms with Crippen LogP contribution in [0.15, 0.2) is 42.9 Å². The number of nitrogens with one attached hydrogen (secondary N) is 4. The van der Waals surface area contributed by atoms with Crippen LogP contribution in [0.25, 0.3) is 0 Å². The summed E-state index contributed by atoms with van der Waals surface area (Å²) in [4.78, 5) is 56.0. The molecule has 0 bridgehead atoms. The third-order valence-electron chi connectivity index (χ3n) is 4.79. The third kappa shape index (κ3) is 8.24. The van der Waals surface area contributed by atoms with Crippen molar-refractivity contribution in [3.05, 3.63) is 54.1 Å². The third-order valence-corrected chi connectivity index (χ3v) is 5.19. The van der Waals surface area contributed by atoms with Crippen molar-refractivity contribution in [1.29, 1.82) is 0 Å². The summed E-state index contributed by atoms with van der Waals surface area (Å²) >= 11 is 3.95. The van der Waals surface area contributed by atoms with E-state index in [9.17, 15) is 24.3 Å². The van der Waals surface area contributed by atoms with Gasteiger partial charge in [-0.2, -0.15) is 12.6 Å². The van der Waals surface area contributed by atoms with E-state index in [1.54, 1.807) is 30.3 Å². The van der Waals surface area contributed by atoms with Gasteiger partial charge in [-0.3, -0.25) is 14.4 Å². The fourth-order valence-corrected chi connectivity index (χ4v) is 3.08. The number of amides is 3. The van der Waals surface area contributed by atoms with E-state index in [0.29, 0.717) is 5.69 Å². The van der Waals surface area contributed by atoms with Gasteiger partial charge in [-0.25, -0.2) is 9.78 Å². The van der Waals surface area contributed by atoms with Gasteiger partial charge in [-0.05, 0) is 12.5 Å². The zero-order valence-electron chi connectivity index (χ0n) is 18.0. The fraction of sp³-hybridized carbons (Fsp3) is 0.381. The summed E-state index contributed by atoms with van der Waals surface area (Å²) in [5, 5.41) is 17.1. The Bertz CT molecular complexity index is 940. The molecule has 178 valence electrons. The van der Waals surface area contributed by atoms with Crippen LogP contribution in [-0.2, 0) is 32.0 Å². The minimum absolute atomic E-state index is 0.0338. The molecule has 1 heterocycles. The standard InChI is InChI=1S/C21H28N6O5S/c1-12(25-19(29)15(22)10-33)18(28)26-16(8-14-9-23-11-24-14)20(30)27-17(21(31)32)7-13-5-3-2-4-6-13/h2-6,9,11-12,15-17,33H,7-8,10,22H2,1H3,(H,23,24)(H,25,29)(H,26,28)(H,27,30)(H,31,32). The number of carboxylic acid groups (broad SMARTS) is 1. The van der Waals surface area contributed by atoms with Crippen LogP contribution in [-0.4, -0.2) is 68.7 Å². The molecule has 3 amide bonds. The van der Waals surface area contributed by atoms with Crippen LogP contribution >= 0.6 is 12.6 Å². The molecule has 4 atom stereocenters. The lowest BCUT2D eigenvalue weighted by atomic mass is 10.0. The largest absolute Gasteiger partial charge is 0.480 e. The number of carbonyl (C=O) groups is 4. The Morgan fingerprint density at radius 3 is 2.27 bits per heavy atom. The Morgan fingerprint density at radius 2 is 1.70 bits per heavy atom. The van der Waals surface area contributed by atoms with Gasteiger partial charge in [0.2, 0.25) is 17.7 Å². The number of hydrogen-bond donors (Lipinski definition) is 7. The molecule has 2 rings (SSSR count). The molecule has 11 nitrogen and oxygen atoms in total. The number of H-pyrrole nitrogens is 1. The number of aliphatic carboxylic acids is 1. The molecule has 0 spiro atoms. The van der Waals surface area contributed by atoms with Crippen LogP contribution < -0.4 is 21.7 Å². The Labute approximate surface area is 196 Å². The normalized spacial score (nSPS) is 14.4. The van der Waals surface area contributed by atoms with E-state index in [0.717, 1.165) is 5.56 Å². The summed E-state index contributed by atoms with van der Waals surface area (Å²) in [6, 6.07) is 4.66. The van der Waals surface area contributed by atoms with Crippen molar-refractivity contribution in [3.63, 3.8) is 0 Å². The summed E-state index contributed by atoms with van der Waals surface area (Å²) in [6.45, 7) is 1.44. The second kappa shape index (κ2) is 12.6. The van der Waals surface area contributed by atoms with Crippen molar-refractivity contribution in [2.75, 3.05) is 5.75 Å². The lowest BCUT2D eigenvalue weighted by Crippen LogP contribution is -2.57. The summed E-state index contributed by atoms with van der Waals surface area (Å²) in [5.41, 5.74) is 6.89. The minimum atomic E-state index is -1.21. The molecule has 0 saturated heterocycles. The molecule has 0 radical (unpaired) electrons. The second-order valence-electron chi connectivity index (χ2n) is 7.45. The van der Waals surface area contributed by atoms with Gasteiger partial charge in [-0.1, -0.05) is 30.3 Å². The average Bonchev–Trinajstić information content (AvgIpc) is 3.31. The Hall–Kier alpha value is -3.38. The SMILES string of the molecule is CC(NC(=O)C(N)CS)C(=O)NC(Cc1cnc[nH]1)C(=O)NC(Cc1ccccc1)C(=O)O. The molecule has 12 heteroatoms. The number of thiol groups is 1. The van der Waals surface area contributed by atoms with E-state index >= 15 is 0 Å². The van der Waals surface area contributed by atoms with Crippen molar-refractivity contribution < 1.29 is 24.3 Å². The molecular formula is C21H28N6O5S. The van der Waals surface area contributed by atoms with E-state index in [4.69, 9.17) is 5.73 Å². The summed E-state index contributed by atoms with van der Waals surface area (Å²) < 4.78 is 0. The fourth-order valence-electron chi connectivity index (χ4n) is 2.91. The highest BCUT2D eigenvalue weighted by molar-refractivity contribution is 7.80. The number of carboxylic acids is 1. The monoisotopic (exact) mass is 476 g/mol. The second-order valence-corrected chi connectivity index (χ2v) is 7.82. The average molecular weight is 477 g/mol. The number of nitrogens with zero attached hydrogens (tertiary/aromatic N) is 1. The highest BCUT2D eigenvalue weighted by atomic mass is 32.1. The zero-order valence-corrected chi connectivity index (χ0v) is 18.9. The lowest BCUT2D eigenvalue weighted by molar-refractivity contribution is -0.142. The first-order valence-corrected chi connectivity index (χ1v) is 10.9. The Kier molecular flexibility index (Phi) is 9.88. The molecule has 2 aromatic rings. The predicted octanol–water partition coefficient (Wildman–Crippen LogP) is -0.989. The van der Waals surface area contributed by atoms with Crippen LogP contribution in [0, 0.1) is 0 Å². The smallest absolute Gasteiger partial charge is 0.326 e. The number of hydrogen-bond acceptors (Lipinski definition) is 7. The first-order chi connectivity index (χ1) is 15.7. The maximum Gasteiger partial charge on any atom is 0.326 e. The number of aromatic nitrogens is 2. The van der Waals surface area contributed by atoms with Gasteiger partial charge in [0.25, 0.3) is 0 Å². The summed E-state index contributed by atoms with van der Waals surface area (Å²) in [7, 11) is 0. The van der Waals surface area contributed by atoms with Gasteiger partial charge in [0.1, 0.15) is 18.1 Å². The topological polar surface area (TPSA) is 179 Å². The van der Waals surface area contributed by atoms with Crippen LogP contribution in [0.4, 0.5) is 0 Å². The Morgan fingerprint density at radius 1 is 1.03 bits per heavy atom. The first kappa shape index (κ1) is 25.9. The van der Waals surface area contributed by atoms with E-state index < -0.39 is 47.9 Å². The number of benzene rings is 1. The summed E-state index contributed by atoms with van der Waals surface area (Å²) in [5.74, 6) is -2.99. The van der Waals surface area contributed by atoms with Gasteiger partial charge in [0.05, 0.1) is 12.4 Å². The van der Waals surface area contributed by atoms with Crippen molar-refractivity contribution in [2.24, 2.45) is 5.73 Å². The molecule has 0 aliphatic heterocycles. The van der Waals surface area contributed by atoms with Crippen LogP contribution in [0.1, 0.15) is 18.2 Å². The number of nitrogens with two attached hydrogens (primary N) is 1. The molecule has 1 aromatic heterocycles. The molecular weight excluding hydrogens is 448 g/mol. The number of carbonyl (C=O) groups excluding carboxylic acids is 3. The maximum atomic E-state index is 13.0. The molecule has 33 heavy (non-hydrogen) atoms. The van der Waals surface area contributed by atoms with E-state index in [2.05, 4.69) is 38.5 Å². The Balaban J connectivity index is 2.11. The van der Waals surface area contributed by atoms with E-state index in [1.807, 2.05) is 0 Å². The lowest BCUT2D eigenvalue weighted by Gasteiger charge is -2.23. The predicted molar refractivity (Wildman–Crippen MR) is 123 cm³/mol. The molecule has 1 aromatic carbocycles. The molecule has 4 unspecified atom stereocenters. The van der Waals surface area contributed by atoms with Gasteiger partial charge in [-0.15, -0.1) is 0 Å². The van der Waals surface area contributed by atoms with Crippen LogP contribution in [0.5, 0.6) is 0 Å². The maximum absolute atomic E-state index is 13.0. The van der Waals surface area contributed by atoms with Crippen molar-refractivity contribution in [1.82, 2.24) is 25.9 Å². The first-order valence-electron chi connectivity index (χ1n) is 10.2. The number of imidazole rings is 1. The quantitative estimate of drug-likeness (QED) is 0.192. The zero-order chi connectivity index (χ0) is 24.4. The van der Waals surface area contributed by atoms with Gasteiger partial charge in [0, 0.05) is 30.5 Å². The molecule has 0 aliphatic carbocycles. The number of aromatic amines is 1. The van der Waals surface area contributed by atoms with Crippen LogP contribution in [0.3, 0.4) is 0 Å². The minimum Gasteiger partial charge on any atom is -0.480 e. The van der Waals surface area contributed by atoms with Crippen molar-refractivity contribution in [3.8, 4) is 0 Å². The van der Waals surface area contributed by atoms with E-state index in [1.165, 1.54) is 19.4 Å². The van der Waals surface area contributed by atoms with Gasteiger partial charge >= 0.3 is 5.97 Å². The van der Waals surface area contributed by atoms with Gasteiger partial charge in [0.15, 0.2) is 0 Å². The summed E-state index contributed by atoms with van der Waals surface area (Å²) in [6.07, 6.45) is 3.01. The van der Waals surface area contributed by atoms with E-state index in [-0.39, 0.29) is 18.6 Å². The van der Waals surface area contributed by atoms with Gasteiger partial charge < -0.3 is 31.8 Å². The van der Waals surface area contributed by atoms with Crippen LogP contribution in [0.2, 0.25) is 0 Å². The molecule has 7 N–H and O–H groups in total. The molecule has 0 fully saturated rings. The molecule has 0 saturated carbocycles. The highest BCUT2D eigenvalue weighted by Gasteiger charge is 2.29. The molecule has 0 aliphatic rings. The number of rotatable bonds is 12. The van der Waals surface area contributed by atoms with Crippen molar-refractivity contribution in [2.45, 2.75) is 43.9 Å².